The van der Waals surface area contributed by atoms with Crippen molar-refractivity contribution >= 4 is 115 Å². The van der Waals surface area contributed by atoms with Gasteiger partial charge in [0, 0.05) is 38.2 Å². The van der Waals surface area contributed by atoms with Crippen LogP contribution < -0.4 is 11.1 Å². The highest BCUT2D eigenvalue weighted by atomic mass is 127. The van der Waals surface area contributed by atoms with E-state index in [1.54, 1.807) is 67.8 Å². The van der Waals surface area contributed by atoms with Gasteiger partial charge in [-0.1, -0.05) is 0 Å². The number of aromatic carboxylic acids is 1. The van der Waals surface area contributed by atoms with Crippen molar-refractivity contribution in [1.29, 1.82) is 0 Å². The van der Waals surface area contributed by atoms with Crippen LogP contribution in [0.15, 0.2) is 0 Å². The molecule has 4 atom stereocenters. The number of nitrogens with two attached hydrogens (primary N) is 1. The number of carboxylic acid groups (broad SMARTS) is 1. The Morgan fingerprint density at radius 1 is 0.690 bits per heavy atom. The number of nitrogen functional groups attached to an aromatic ring is 1. The summed E-state index contributed by atoms with van der Waals surface area (Å²) in [6.07, 6.45) is -6.50. The summed E-state index contributed by atoms with van der Waals surface area (Å²) < 4.78 is 26.6. The topological polar surface area (TPSA) is 224 Å². The Balaban J connectivity index is 3.63. The van der Waals surface area contributed by atoms with Crippen LogP contribution in [0.5, 0.6) is 0 Å². The number of amides is 1. The van der Waals surface area contributed by atoms with Crippen LogP contribution in [0.2, 0.25) is 0 Å². The highest BCUT2D eigenvalue weighted by Crippen LogP contribution is 2.34. The molecule has 0 aliphatic rings. The normalized spacial score (nSPS) is 13.4. The van der Waals surface area contributed by atoms with Gasteiger partial charge in [0.1, 0.15) is 6.61 Å². The first-order valence-electron chi connectivity index (χ1n) is 11.7. The van der Waals surface area contributed by atoms with E-state index in [-0.39, 0.29) is 27.5 Å². The van der Waals surface area contributed by atoms with Crippen molar-refractivity contribution < 1.29 is 62.4 Å². The minimum Gasteiger partial charge on any atom is -0.478 e. The molecule has 0 saturated heterocycles. The van der Waals surface area contributed by atoms with Gasteiger partial charge in [0.25, 0.3) is 5.91 Å². The smallest absolute Gasteiger partial charge is 0.337 e. The molecule has 4 unspecified atom stereocenters. The first-order chi connectivity index (χ1) is 19.4. The number of anilines is 1. The number of nitrogens with one attached hydrogen (secondary N) is 1. The van der Waals surface area contributed by atoms with E-state index in [2.05, 4.69) is 5.32 Å². The van der Waals surface area contributed by atoms with Crippen molar-refractivity contribution in [3.8, 4) is 0 Å². The zero-order valence-corrected chi connectivity index (χ0v) is 29.3. The molecule has 0 aromatic heterocycles. The fourth-order valence-electron chi connectivity index (χ4n) is 3.49. The second-order valence-corrected chi connectivity index (χ2v) is 11.6. The molecule has 0 aliphatic carbocycles. The molecule has 18 heteroatoms. The number of halogens is 3. The first-order valence-corrected chi connectivity index (χ1v) is 14.9. The lowest BCUT2D eigenvalue weighted by molar-refractivity contribution is -0.202. The molecule has 0 bridgehead atoms. The molecular formula is C24H27I3N2O13. The lowest BCUT2D eigenvalue weighted by Crippen LogP contribution is -2.55. The Labute approximate surface area is 280 Å². The van der Waals surface area contributed by atoms with Crippen LogP contribution in [-0.4, -0.2) is 84.4 Å². The minimum absolute atomic E-state index is 0.0538. The highest BCUT2D eigenvalue weighted by Gasteiger charge is 2.44. The van der Waals surface area contributed by atoms with Crippen molar-refractivity contribution in [3.05, 3.63) is 21.8 Å². The molecule has 232 valence electrons. The summed E-state index contributed by atoms with van der Waals surface area (Å²) >= 11 is 5.24. The second-order valence-electron chi connectivity index (χ2n) is 8.37. The van der Waals surface area contributed by atoms with Crippen molar-refractivity contribution in [3.63, 3.8) is 0 Å². The van der Waals surface area contributed by atoms with Crippen LogP contribution in [0.1, 0.15) is 55.3 Å². The van der Waals surface area contributed by atoms with Crippen LogP contribution in [0.4, 0.5) is 5.69 Å². The maximum absolute atomic E-state index is 13.3. The Kier molecular flexibility index (Phi) is 15.2. The van der Waals surface area contributed by atoms with Gasteiger partial charge in [-0.25, -0.2) is 4.79 Å². The summed E-state index contributed by atoms with van der Waals surface area (Å²) in [5, 5.41) is 12.1. The summed E-state index contributed by atoms with van der Waals surface area (Å²) in [5.74, 6) is -6.55. The zero-order chi connectivity index (χ0) is 32.5. The van der Waals surface area contributed by atoms with E-state index in [4.69, 9.17) is 29.4 Å². The van der Waals surface area contributed by atoms with Gasteiger partial charge in [-0.3, -0.25) is 28.8 Å². The van der Waals surface area contributed by atoms with Gasteiger partial charge >= 0.3 is 35.8 Å². The van der Waals surface area contributed by atoms with E-state index in [0.717, 1.165) is 34.6 Å². The van der Waals surface area contributed by atoms with E-state index in [1.165, 1.54) is 0 Å². The van der Waals surface area contributed by atoms with Crippen LogP contribution >= 0.6 is 67.8 Å². The SMILES string of the molecule is CC(=O)OCC(OC(C)=O)C(OC(C)=O)C(OC(C)=O)C(CNC(=O)c1c(I)c(N)c(I)c(C(=O)O)c1I)OC(C)=O. The van der Waals surface area contributed by atoms with Crippen molar-refractivity contribution in [2.24, 2.45) is 0 Å². The van der Waals surface area contributed by atoms with Gasteiger partial charge in [-0.15, -0.1) is 0 Å². The molecule has 0 fully saturated rings. The Morgan fingerprint density at radius 2 is 1.12 bits per heavy atom. The molecule has 1 aromatic carbocycles. The maximum atomic E-state index is 13.3. The lowest BCUT2D eigenvalue weighted by Gasteiger charge is -2.35. The van der Waals surface area contributed by atoms with E-state index >= 15 is 0 Å². The van der Waals surface area contributed by atoms with Crippen LogP contribution in [0, 0.1) is 10.7 Å². The van der Waals surface area contributed by atoms with Gasteiger partial charge in [0.15, 0.2) is 24.4 Å². The number of hydrogen-bond acceptors (Lipinski definition) is 13. The molecule has 1 aromatic rings. The molecule has 0 heterocycles. The third-order valence-corrected chi connectivity index (χ3v) is 8.32. The molecule has 0 aliphatic heterocycles. The molecular weight excluding hydrogens is 905 g/mol. The third kappa shape index (κ3) is 11.0. The Bertz CT molecular complexity index is 1270. The lowest BCUT2D eigenvalue weighted by atomic mass is 10.0. The molecule has 15 nitrogen and oxygen atoms in total. The van der Waals surface area contributed by atoms with Gasteiger partial charge in [-0.2, -0.15) is 0 Å². The Morgan fingerprint density at radius 3 is 1.55 bits per heavy atom. The van der Waals surface area contributed by atoms with E-state index in [0.29, 0.717) is 0 Å². The van der Waals surface area contributed by atoms with Gasteiger partial charge in [0.05, 0.1) is 30.5 Å². The molecule has 1 rings (SSSR count). The number of hydrogen-bond donors (Lipinski definition) is 3. The standard InChI is InChI=1S/C24H27I3N2O13/c1-8(30)38-7-14(40-10(3)32)22(42-12(5)34)21(41-11(4)33)13(39-9(2)31)6-29-23(35)15-17(25)16(24(36)37)19(27)20(28)18(15)26/h13-14,21-22H,6-7,28H2,1-5H3,(H,29,35)(H,36,37). The van der Waals surface area contributed by atoms with Crippen LogP contribution in [-0.2, 0) is 47.7 Å². The average molecular weight is 932 g/mol. The van der Waals surface area contributed by atoms with Crippen LogP contribution in [0.3, 0.4) is 0 Å². The fraction of sp³-hybridized carbons (Fsp3) is 0.458. The molecule has 0 saturated carbocycles. The maximum Gasteiger partial charge on any atom is 0.337 e. The van der Waals surface area contributed by atoms with E-state index in [9.17, 15) is 38.7 Å². The third-order valence-electron chi connectivity index (χ3n) is 5.00. The van der Waals surface area contributed by atoms with Crippen molar-refractivity contribution in [2.45, 2.75) is 59.0 Å². The number of esters is 5. The number of rotatable bonds is 13. The zero-order valence-electron chi connectivity index (χ0n) is 22.8. The molecule has 4 N–H and O–H groups in total. The monoisotopic (exact) mass is 932 g/mol. The predicted molar refractivity (Wildman–Crippen MR) is 167 cm³/mol. The quantitative estimate of drug-likeness (QED) is 0.111. The van der Waals surface area contributed by atoms with Gasteiger partial charge in [0.2, 0.25) is 0 Å². The average Bonchev–Trinajstić information content (AvgIpc) is 2.84. The van der Waals surface area contributed by atoms with E-state index < -0.39 is 79.3 Å². The van der Waals surface area contributed by atoms with Crippen molar-refractivity contribution in [1.82, 2.24) is 5.32 Å². The van der Waals surface area contributed by atoms with Crippen LogP contribution in [0.25, 0.3) is 0 Å². The summed E-state index contributed by atoms with van der Waals surface area (Å²) in [6.45, 7) is 3.91. The highest BCUT2D eigenvalue weighted by molar-refractivity contribution is 14.1. The molecule has 0 radical (unpaired) electrons. The number of carboxylic acids is 1. The second kappa shape index (κ2) is 17.0. The minimum atomic E-state index is -1.70. The summed E-state index contributed by atoms with van der Waals surface area (Å²) in [6, 6.07) is 0. The fourth-order valence-corrected chi connectivity index (χ4v) is 7.61. The molecule has 0 spiro atoms. The molecule has 1 amide bonds. The molecule has 42 heavy (non-hydrogen) atoms. The van der Waals surface area contributed by atoms with E-state index in [1.807, 2.05) is 0 Å². The summed E-state index contributed by atoms with van der Waals surface area (Å²) in [5.41, 5.74) is 5.82. The summed E-state index contributed by atoms with van der Waals surface area (Å²) in [4.78, 5) is 84.7. The summed E-state index contributed by atoms with van der Waals surface area (Å²) in [7, 11) is 0. The largest absolute Gasteiger partial charge is 0.478 e. The Hall–Kier alpha value is -2.50. The van der Waals surface area contributed by atoms with Gasteiger partial charge in [-0.05, 0) is 67.8 Å². The number of carbonyl (C=O) groups excluding carboxylic acids is 6. The van der Waals surface area contributed by atoms with Crippen molar-refractivity contribution in [2.75, 3.05) is 18.9 Å². The number of ether oxygens (including phenoxy) is 5. The first kappa shape index (κ1) is 37.5. The van der Waals surface area contributed by atoms with Gasteiger partial charge < -0.3 is 39.8 Å². The number of carbonyl (C=O) groups is 7. The number of benzene rings is 1. The predicted octanol–water partition coefficient (Wildman–Crippen LogP) is 1.80.